The second-order valence-corrected chi connectivity index (χ2v) is 4.49. The van der Waals surface area contributed by atoms with E-state index in [0.29, 0.717) is 6.42 Å². The smallest absolute Gasteiger partial charge is 0.142 e. The first-order valence-electron chi connectivity index (χ1n) is 5.65. The summed E-state index contributed by atoms with van der Waals surface area (Å²) in [6.07, 6.45) is 0.693. The van der Waals surface area contributed by atoms with Crippen molar-refractivity contribution < 1.29 is 4.39 Å². The number of hydrogen-bond donors (Lipinski definition) is 2. The van der Waals surface area contributed by atoms with Crippen LogP contribution in [-0.2, 0) is 6.42 Å². The molecule has 0 saturated heterocycles. The van der Waals surface area contributed by atoms with E-state index in [1.165, 1.54) is 6.07 Å². The fourth-order valence-corrected chi connectivity index (χ4v) is 1.97. The Labute approximate surface area is 111 Å². The molecule has 1 unspecified atom stereocenters. The molecule has 1 atom stereocenters. The first-order valence-corrected chi connectivity index (χ1v) is 6.03. The van der Waals surface area contributed by atoms with E-state index >= 15 is 0 Å². The predicted octanol–water partition coefficient (Wildman–Crippen LogP) is 3.23. The van der Waals surface area contributed by atoms with Gasteiger partial charge in [0.05, 0.1) is 11.1 Å². The summed E-state index contributed by atoms with van der Waals surface area (Å²) in [6.45, 7) is 0. The van der Waals surface area contributed by atoms with Crippen molar-refractivity contribution in [3.8, 4) is 0 Å². The first kappa shape index (κ1) is 13.0. The molecule has 0 amide bonds. The van der Waals surface area contributed by atoms with E-state index in [0.717, 1.165) is 11.1 Å². The molecule has 2 aromatic rings. The third-order valence-corrected chi connectivity index (χ3v) is 3.14. The molecule has 0 bridgehead atoms. The molecule has 2 nitrogen and oxygen atoms in total. The zero-order chi connectivity index (χ0) is 13.0. The molecule has 0 aliphatic heterocycles. The Kier molecular flexibility index (Phi) is 4.31. The Hall–Kier alpha value is -1.42. The molecule has 0 aliphatic carbocycles. The van der Waals surface area contributed by atoms with Crippen LogP contribution < -0.4 is 11.3 Å². The maximum absolute atomic E-state index is 13.4. The Morgan fingerprint density at radius 1 is 1.17 bits per heavy atom. The fraction of sp³-hybridized carbons (Fsp3) is 0.143. The summed E-state index contributed by atoms with van der Waals surface area (Å²) in [5, 5.41) is 0.120. The summed E-state index contributed by atoms with van der Waals surface area (Å²) in [6, 6.07) is 14.5. The van der Waals surface area contributed by atoms with Crippen molar-refractivity contribution >= 4 is 11.6 Å². The summed E-state index contributed by atoms with van der Waals surface area (Å²) < 4.78 is 13.4. The largest absolute Gasteiger partial charge is 0.271 e. The highest BCUT2D eigenvalue weighted by Crippen LogP contribution is 2.22. The summed E-state index contributed by atoms with van der Waals surface area (Å²) in [4.78, 5) is 0. The van der Waals surface area contributed by atoms with Gasteiger partial charge in [-0.1, -0.05) is 48.0 Å². The molecule has 94 valence electrons. The summed E-state index contributed by atoms with van der Waals surface area (Å²) in [5.41, 5.74) is 4.62. The number of rotatable bonds is 4. The molecule has 0 radical (unpaired) electrons. The molecule has 2 rings (SSSR count). The maximum atomic E-state index is 13.4. The van der Waals surface area contributed by atoms with Gasteiger partial charge in [0.2, 0.25) is 0 Å². The quantitative estimate of drug-likeness (QED) is 0.657. The van der Waals surface area contributed by atoms with Gasteiger partial charge in [-0.05, 0) is 29.7 Å². The van der Waals surface area contributed by atoms with Crippen LogP contribution >= 0.6 is 11.6 Å². The van der Waals surface area contributed by atoms with Gasteiger partial charge in [0, 0.05) is 0 Å². The minimum Gasteiger partial charge on any atom is -0.271 e. The Bertz CT molecular complexity index is 516. The third-order valence-electron chi connectivity index (χ3n) is 2.83. The van der Waals surface area contributed by atoms with Crippen LogP contribution in [-0.4, -0.2) is 0 Å². The van der Waals surface area contributed by atoms with Crippen LogP contribution in [0.3, 0.4) is 0 Å². The molecule has 0 fully saturated rings. The SMILES string of the molecule is NNC(Cc1ccccc1)c1ccc(Cl)c(F)c1. The highest BCUT2D eigenvalue weighted by atomic mass is 35.5. The van der Waals surface area contributed by atoms with E-state index in [4.69, 9.17) is 17.4 Å². The number of nitrogens with one attached hydrogen (secondary N) is 1. The van der Waals surface area contributed by atoms with Crippen molar-refractivity contribution in [2.75, 3.05) is 0 Å². The van der Waals surface area contributed by atoms with Gasteiger partial charge in [-0.2, -0.15) is 0 Å². The summed E-state index contributed by atoms with van der Waals surface area (Å²) in [5.74, 6) is 5.11. The predicted molar refractivity (Wildman–Crippen MR) is 71.6 cm³/mol. The van der Waals surface area contributed by atoms with E-state index in [1.807, 2.05) is 30.3 Å². The molecule has 2 aromatic carbocycles. The van der Waals surface area contributed by atoms with Crippen molar-refractivity contribution in [2.45, 2.75) is 12.5 Å². The van der Waals surface area contributed by atoms with Crippen molar-refractivity contribution in [3.63, 3.8) is 0 Å². The lowest BCUT2D eigenvalue weighted by Crippen LogP contribution is -2.29. The Balaban J connectivity index is 2.20. The van der Waals surface area contributed by atoms with Gasteiger partial charge < -0.3 is 0 Å². The van der Waals surface area contributed by atoms with Crippen LogP contribution in [0.5, 0.6) is 0 Å². The highest BCUT2D eigenvalue weighted by molar-refractivity contribution is 6.30. The van der Waals surface area contributed by atoms with Crippen molar-refractivity contribution in [1.29, 1.82) is 0 Å². The van der Waals surface area contributed by atoms with Crippen LogP contribution in [0.4, 0.5) is 4.39 Å². The van der Waals surface area contributed by atoms with Gasteiger partial charge in [0.25, 0.3) is 0 Å². The average molecular weight is 265 g/mol. The van der Waals surface area contributed by atoms with E-state index in [9.17, 15) is 4.39 Å². The van der Waals surface area contributed by atoms with Gasteiger partial charge in [-0.3, -0.25) is 11.3 Å². The summed E-state index contributed by atoms with van der Waals surface area (Å²) in [7, 11) is 0. The second-order valence-electron chi connectivity index (χ2n) is 4.08. The second kappa shape index (κ2) is 5.96. The number of benzene rings is 2. The number of hydrazine groups is 1. The van der Waals surface area contributed by atoms with Crippen LogP contribution in [0.25, 0.3) is 0 Å². The molecule has 0 spiro atoms. The lowest BCUT2D eigenvalue weighted by Gasteiger charge is -2.16. The minimum absolute atomic E-state index is 0.120. The van der Waals surface area contributed by atoms with Crippen LogP contribution in [0, 0.1) is 5.82 Å². The normalized spacial score (nSPS) is 12.4. The molecular formula is C14H14ClFN2. The van der Waals surface area contributed by atoms with E-state index < -0.39 is 5.82 Å². The average Bonchev–Trinajstić information content (AvgIpc) is 2.40. The van der Waals surface area contributed by atoms with Gasteiger partial charge in [0.1, 0.15) is 5.82 Å². The van der Waals surface area contributed by atoms with Crippen LogP contribution in [0.15, 0.2) is 48.5 Å². The monoisotopic (exact) mass is 264 g/mol. The zero-order valence-electron chi connectivity index (χ0n) is 9.74. The van der Waals surface area contributed by atoms with Gasteiger partial charge in [-0.15, -0.1) is 0 Å². The molecule has 3 N–H and O–H groups in total. The maximum Gasteiger partial charge on any atom is 0.142 e. The molecule has 0 saturated carbocycles. The molecule has 4 heteroatoms. The van der Waals surface area contributed by atoms with E-state index in [2.05, 4.69) is 5.43 Å². The zero-order valence-corrected chi connectivity index (χ0v) is 10.5. The molecular weight excluding hydrogens is 251 g/mol. The minimum atomic E-state index is -0.428. The molecule has 0 aliphatic rings. The van der Waals surface area contributed by atoms with Gasteiger partial charge >= 0.3 is 0 Å². The van der Waals surface area contributed by atoms with Gasteiger partial charge in [-0.25, -0.2) is 4.39 Å². The first-order chi connectivity index (χ1) is 8.70. The lowest BCUT2D eigenvalue weighted by atomic mass is 9.99. The van der Waals surface area contributed by atoms with Crippen molar-refractivity contribution in [2.24, 2.45) is 5.84 Å². The van der Waals surface area contributed by atoms with E-state index in [-0.39, 0.29) is 11.1 Å². The summed E-state index contributed by atoms with van der Waals surface area (Å²) >= 11 is 5.66. The number of nitrogens with two attached hydrogens (primary N) is 1. The van der Waals surface area contributed by atoms with Gasteiger partial charge in [0.15, 0.2) is 0 Å². The van der Waals surface area contributed by atoms with E-state index in [1.54, 1.807) is 12.1 Å². The van der Waals surface area contributed by atoms with Crippen molar-refractivity contribution in [1.82, 2.24) is 5.43 Å². The van der Waals surface area contributed by atoms with Crippen LogP contribution in [0.1, 0.15) is 17.2 Å². The standard InChI is InChI=1S/C14H14ClFN2/c15-12-7-6-11(9-13(12)16)14(18-17)8-10-4-2-1-3-5-10/h1-7,9,14,18H,8,17H2. The molecule has 18 heavy (non-hydrogen) atoms. The lowest BCUT2D eigenvalue weighted by molar-refractivity contribution is 0.544. The topological polar surface area (TPSA) is 38.0 Å². The molecule has 0 heterocycles. The third kappa shape index (κ3) is 3.07. The molecule has 0 aromatic heterocycles. The number of hydrogen-bond acceptors (Lipinski definition) is 2. The fourth-order valence-electron chi connectivity index (χ4n) is 1.85. The Morgan fingerprint density at radius 2 is 1.89 bits per heavy atom. The Morgan fingerprint density at radius 3 is 2.50 bits per heavy atom. The number of halogens is 2. The van der Waals surface area contributed by atoms with Crippen molar-refractivity contribution in [3.05, 3.63) is 70.5 Å². The highest BCUT2D eigenvalue weighted by Gasteiger charge is 2.12. The van der Waals surface area contributed by atoms with Crippen LogP contribution in [0.2, 0.25) is 5.02 Å².